The van der Waals surface area contributed by atoms with Crippen molar-refractivity contribution in [3.63, 3.8) is 0 Å². The summed E-state index contributed by atoms with van der Waals surface area (Å²) >= 11 is 0. The fourth-order valence-corrected chi connectivity index (χ4v) is 2.10. The summed E-state index contributed by atoms with van der Waals surface area (Å²) in [5.41, 5.74) is 0. The van der Waals surface area contributed by atoms with Crippen molar-refractivity contribution < 1.29 is 19.1 Å². The van der Waals surface area contributed by atoms with Gasteiger partial charge in [-0.2, -0.15) is 0 Å². The third kappa shape index (κ3) is 12.4. The Morgan fingerprint density at radius 3 is 1.52 bits per heavy atom. The Morgan fingerprint density at radius 2 is 1.19 bits per heavy atom. The normalized spacial score (nSPS) is 10.7. The molecule has 0 aromatic heterocycles. The first-order chi connectivity index (χ1) is 10.1. The van der Waals surface area contributed by atoms with E-state index in [1.165, 1.54) is 0 Å². The quantitative estimate of drug-likeness (QED) is 0.387. The van der Waals surface area contributed by atoms with Crippen molar-refractivity contribution in [2.45, 2.75) is 59.3 Å². The maximum Gasteiger partial charge on any atom is 0.305 e. The number of hydrogen-bond donors (Lipinski definition) is 0. The molecule has 5 nitrogen and oxygen atoms in total. The van der Waals surface area contributed by atoms with Gasteiger partial charge >= 0.3 is 11.9 Å². The van der Waals surface area contributed by atoms with Crippen LogP contribution in [0.4, 0.5) is 0 Å². The topological polar surface area (TPSA) is 55.8 Å². The van der Waals surface area contributed by atoms with Gasteiger partial charge < -0.3 is 14.4 Å². The van der Waals surface area contributed by atoms with Crippen LogP contribution < -0.4 is 0 Å². The van der Waals surface area contributed by atoms with Crippen LogP contribution >= 0.6 is 0 Å². The molecule has 0 atom stereocenters. The predicted molar refractivity (Wildman–Crippen MR) is 83.1 cm³/mol. The number of ether oxygens (including phenoxy) is 2. The highest BCUT2D eigenvalue weighted by atomic mass is 16.5. The maximum atomic E-state index is 11.2. The van der Waals surface area contributed by atoms with Crippen LogP contribution in [0.25, 0.3) is 0 Å². The minimum Gasteiger partial charge on any atom is -0.466 e. The van der Waals surface area contributed by atoms with Gasteiger partial charge in [-0.05, 0) is 59.2 Å². The largest absolute Gasteiger partial charge is 0.466 e. The lowest BCUT2D eigenvalue weighted by Crippen LogP contribution is -2.26. The smallest absolute Gasteiger partial charge is 0.305 e. The third-order valence-corrected chi connectivity index (χ3v) is 3.27. The molecule has 0 N–H and O–H groups in total. The molecule has 0 heterocycles. The zero-order valence-corrected chi connectivity index (χ0v) is 13.9. The van der Waals surface area contributed by atoms with Crippen LogP contribution in [-0.4, -0.2) is 49.7 Å². The minimum absolute atomic E-state index is 0.102. The van der Waals surface area contributed by atoms with E-state index in [-0.39, 0.29) is 11.9 Å². The molecule has 0 saturated heterocycles. The van der Waals surface area contributed by atoms with E-state index in [4.69, 9.17) is 9.47 Å². The van der Waals surface area contributed by atoms with Gasteiger partial charge in [0, 0.05) is 12.8 Å². The summed E-state index contributed by atoms with van der Waals surface area (Å²) in [4.78, 5) is 24.8. The Hall–Kier alpha value is -1.10. The molecule has 0 aromatic carbocycles. The van der Waals surface area contributed by atoms with Gasteiger partial charge in [0.05, 0.1) is 13.2 Å². The molecular formula is C16H31NO4. The number of carbonyl (C=O) groups excluding carboxylic acids is 2. The third-order valence-electron chi connectivity index (χ3n) is 3.27. The van der Waals surface area contributed by atoms with Gasteiger partial charge in [0.25, 0.3) is 0 Å². The van der Waals surface area contributed by atoms with Gasteiger partial charge in [-0.15, -0.1) is 0 Å². The van der Waals surface area contributed by atoms with E-state index in [2.05, 4.69) is 11.8 Å². The average molecular weight is 301 g/mol. The van der Waals surface area contributed by atoms with E-state index in [0.29, 0.717) is 26.1 Å². The predicted octanol–water partition coefficient (Wildman–Crippen LogP) is 2.78. The van der Waals surface area contributed by atoms with E-state index >= 15 is 0 Å². The molecule has 0 aliphatic carbocycles. The van der Waals surface area contributed by atoms with Crippen molar-refractivity contribution in [2.75, 3.05) is 32.8 Å². The summed E-state index contributed by atoms with van der Waals surface area (Å²) in [6.07, 6.45) is 4.77. The number of rotatable bonds is 13. The number of carbonyl (C=O) groups is 2. The summed E-state index contributed by atoms with van der Waals surface area (Å²) in [7, 11) is 0. The Morgan fingerprint density at radius 1 is 0.762 bits per heavy atom. The van der Waals surface area contributed by atoms with Gasteiger partial charge in [-0.25, -0.2) is 0 Å². The van der Waals surface area contributed by atoms with E-state index < -0.39 is 0 Å². The van der Waals surface area contributed by atoms with Crippen molar-refractivity contribution in [3.05, 3.63) is 0 Å². The zero-order chi connectivity index (χ0) is 15.9. The lowest BCUT2D eigenvalue weighted by Gasteiger charge is -2.20. The van der Waals surface area contributed by atoms with Gasteiger partial charge in [-0.1, -0.05) is 6.92 Å². The number of nitrogens with zero attached hydrogens (tertiary/aromatic N) is 1. The fraction of sp³-hybridized carbons (Fsp3) is 0.875. The van der Waals surface area contributed by atoms with Crippen LogP contribution in [0.15, 0.2) is 0 Å². The second kappa shape index (κ2) is 13.9. The molecule has 0 unspecified atom stereocenters. The van der Waals surface area contributed by atoms with Crippen LogP contribution in [0.2, 0.25) is 0 Å². The van der Waals surface area contributed by atoms with Gasteiger partial charge in [0.1, 0.15) is 0 Å². The molecule has 0 fully saturated rings. The van der Waals surface area contributed by atoms with Crippen molar-refractivity contribution in [2.24, 2.45) is 0 Å². The standard InChI is InChI=1S/C16H31NO4/c1-4-17(13-9-7-11-15(18)20-5-2)14-10-8-12-16(19)21-6-3/h4-14H2,1-3H3. The first-order valence-corrected chi connectivity index (χ1v) is 8.17. The Kier molecular flexibility index (Phi) is 13.1. The lowest BCUT2D eigenvalue weighted by molar-refractivity contribution is -0.144. The van der Waals surface area contributed by atoms with Gasteiger partial charge in [0.2, 0.25) is 0 Å². The molecule has 0 aliphatic rings. The monoisotopic (exact) mass is 301 g/mol. The second-order valence-electron chi connectivity index (χ2n) is 4.96. The molecule has 0 rings (SSSR count). The minimum atomic E-state index is -0.102. The van der Waals surface area contributed by atoms with E-state index in [1.54, 1.807) is 0 Å². The van der Waals surface area contributed by atoms with Gasteiger partial charge in [-0.3, -0.25) is 9.59 Å². The SMILES string of the molecule is CCOC(=O)CCCCN(CC)CCCCC(=O)OCC. The summed E-state index contributed by atoms with van der Waals surface area (Å²) < 4.78 is 9.80. The second-order valence-corrected chi connectivity index (χ2v) is 4.96. The zero-order valence-electron chi connectivity index (χ0n) is 13.9. The molecule has 0 saturated carbocycles. The molecule has 0 radical (unpaired) electrons. The van der Waals surface area contributed by atoms with E-state index in [9.17, 15) is 9.59 Å². The summed E-state index contributed by atoms with van der Waals surface area (Å²) in [5, 5.41) is 0. The van der Waals surface area contributed by atoms with Crippen LogP contribution in [0.3, 0.4) is 0 Å². The summed E-state index contributed by atoms with van der Waals surface area (Å²) in [5.74, 6) is -0.204. The van der Waals surface area contributed by atoms with E-state index in [0.717, 1.165) is 45.3 Å². The first-order valence-electron chi connectivity index (χ1n) is 8.17. The Bertz CT molecular complexity index is 255. The average Bonchev–Trinajstić information content (AvgIpc) is 2.46. The van der Waals surface area contributed by atoms with Gasteiger partial charge in [0.15, 0.2) is 0 Å². The van der Waals surface area contributed by atoms with Crippen molar-refractivity contribution >= 4 is 11.9 Å². The van der Waals surface area contributed by atoms with Crippen LogP contribution in [0.5, 0.6) is 0 Å². The number of hydrogen-bond acceptors (Lipinski definition) is 5. The van der Waals surface area contributed by atoms with Crippen molar-refractivity contribution in [1.29, 1.82) is 0 Å². The first kappa shape index (κ1) is 19.9. The number of esters is 2. The molecule has 5 heteroatoms. The fourth-order valence-electron chi connectivity index (χ4n) is 2.10. The van der Waals surface area contributed by atoms with E-state index in [1.807, 2.05) is 13.8 Å². The van der Waals surface area contributed by atoms with Crippen LogP contribution in [-0.2, 0) is 19.1 Å². The molecular weight excluding hydrogens is 270 g/mol. The highest BCUT2D eigenvalue weighted by Crippen LogP contribution is 2.04. The molecule has 0 bridgehead atoms. The van der Waals surface area contributed by atoms with Crippen molar-refractivity contribution in [3.8, 4) is 0 Å². The van der Waals surface area contributed by atoms with Crippen molar-refractivity contribution in [1.82, 2.24) is 4.90 Å². The maximum absolute atomic E-state index is 11.2. The Labute approximate surface area is 129 Å². The molecule has 0 aliphatic heterocycles. The summed E-state index contributed by atoms with van der Waals surface area (Å²) in [6.45, 7) is 9.70. The van der Waals surface area contributed by atoms with Crippen LogP contribution in [0.1, 0.15) is 59.3 Å². The molecule has 0 aromatic rings. The Balaban J connectivity index is 3.58. The molecule has 124 valence electrons. The lowest BCUT2D eigenvalue weighted by atomic mass is 10.2. The summed E-state index contributed by atoms with van der Waals surface area (Å²) in [6, 6.07) is 0. The highest BCUT2D eigenvalue weighted by molar-refractivity contribution is 5.69. The molecule has 21 heavy (non-hydrogen) atoms. The number of unbranched alkanes of at least 4 members (excludes halogenated alkanes) is 2. The molecule has 0 spiro atoms. The van der Waals surface area contributed by atoms with Crippen LogP contribution in [0, 0.1) is 0 Å². The molecule has 0 amide bonds. The highest BCUT2D eigenvalue weighted by Gasteiger charge is 2.06.